The number of aliphatic hydroxyl groups excluding tert-OH is 4. The van der Waals surface area contributed by atoms with E-state index in [4.69, 9.17) is 20.4 Å². The summed E-state index contributed by atoms with van der Waals surface area (Å²) in [6, 6.07) is 0. The summed E-state index contributed by atoms with van der Waals surface area (Å²) < 4.78 is 171. The second kappa shape index (κ2) is 8.93. The Balaban J connectivity index is 0. The van der Waals surface area contributed by atoms with Gasteiger partial charge in [-0.1, -0.05) is 0 Å². The monoisotopic (exact) mass is 474 g/mol. The first-order valence-corrected chi connectivity index (χ1v) is 6.57. The molecule has 0 heterocycles. The molecule has 0 bridgehead atoms. The van der Waals surface area contributed by atoms with Gasteiger partial charge in [-0.05, 0) is 0 Å². The molecule has 0 aliphatic heterocycles. The molecular formula is C11H12F14O4. The number of hydrogen-bond acceptors (Lipinski definition) is 4. The zero-order valence-corrected chi connectivity index (χ0v) is 13.4. The molecule has 0 saturated heterocycles. The van der Waals surface area contributed by atoms with Crippen LogP contribution in [0.1, 0.15) is 0 Å². The van der Waals surface area contributed by atoms with Crippen LogP contribution < -0.4 is 0 Å². The first kappa shape index (κ1) is 30.1. The van der Waals surface area contributed by atoms with Gasteiger partial charge < -0.3 is 20.4 Å². The van der Waals surface area contributed by atoms with E-state index in [1.807, 2.05) is 0 Å². The van der Waals surface area contributed by atoms with Crippen LogP contribution in [0.5, 0.6) is 0 Å². The highest BCUT2D eigenvalue weighted by molar-refractivity contribution is 5.03. The fraction of sp³-hybridized carbons (Fsp3) is 1.00. The minimum absolute atomic E-state index is 2.42. The minimum atomic E-state index is -6.50. The first-order valence-electron chi connectivity index (χ1n) is 6.57. The van der Waals surface area contributed by atoms with Crippen molar-refractivity contribution in [3.05, 3.63) is 0 Å². The minimum Gasteiger partial charge on any atom is -0.390 e. The fourth-order valence-electron chi connectivity index (χ4n) is 1.12. The van der Waals surface area contributed by atoms with E-state index in [0.717, 1.165) is 0 Å². The first-order chi connectivity index (χ1) is 12.5. The number of hydrogen-bond donors (Lipinski definition) is 4. The fourth-order valence-corrected chi connectivity index (χ4v) is 1.12. The van der Waals surface area contributed by atoms with E-state index in [9.17, 15) is 61.5 Å². The van der Waals surface area contributed by atoms with E-state index < -0.39 is 67.9 Å². The molecule has 0 aliphatic rings. The maximum Gasteiger partial charge on any atom is 0.380 e. The molecular weight excluding hydrogens is 462 g/mol. The molecule has 0 rings (SSSR count). The van der Waals surface area contributed by atoms with Crippen LogP contribution in [0.15, 0.2) is 0 Å². The Morgan fingerprint density at radius 3 is 0.586 bits per heavy atom. The van der Waals surface area contributed by atoms with E-state index in [0.29, 0.717) is 0 Å². The lowest BCUT2D eigenvalue weighted by molar-refractivity contribution is -0.373. The molecule has 29 heavy (non-hydrogen) atoms. The number of aliphatic hydroxyl groups is 4. The van der Waals surface area contributed by atoms with Gasteiger partial charge in [-0.2, -0.15) is 61.5 Å². The molecule has 0 aromatic carbocycles. The van der Waals surface area contributed by atoms with Gasteiger partial charge in [0, 0.05) is 0 Å². The zero-order chi connectivity index (χ0) is 24.3. The summed E-state index contributed by atoms with van der Waals surface area (Å²) in [5, 5.41) is 31.0. The lowest BCUT2D eigenvalue weighted by Gasteiger charge is -2.35. The molecule has 0 radical (unpaired) electrons. The highest BCUT2D eigenvalue weighted by Gasteiger charge is 2.80. The average Bonchev–Trinajstić information content (AvgIpc) is 2.61. The Morgan fingerprint density at radius 2 is 0.448 bits per heavy atom. The number of alkyl halides is 14. The molecule has 0 aliphatic carbocycles. The van der Waals surface area contributed by atoms with Crippen LogP contribution in [-0.2, 0) is 0 Å². The molecule has 0 spiro atoms. The molecule has 0 saturated carbocycles. The van der Waals surface area contributed by atoms with Crippen LogP contribution in [0.4, 0.5) is 61.5 Å². The molecule has 0 fully saturated rings. The van der Waals surface area contributed by atoms with Gasteiger partial charge in [0.1, 0.15) is 26.4 Å². The number of rotatable bonds is 9. The van der Waals surface area contributed by atoms with Crippen LogP contribution in [0.25, 0.3) is 0 Å². The smallest absolute Gasteiger partial charge is 0.380 e. The summed E-state index contributed by atoms with van der Waals surface area (Å²) in [6.07, 6.45) is 0. The van der Waals surface area contributed by atoms with Gasteiger partial charge in [0.05, 0.1) is 0 Å². The normalized spacial score (nSPS) is 15.1. The van der Waals surface area contributed by atoms with E-state index in [2.05, 4.69) is 0 Å². The summed E-state index contributed by atoms with van der Waals surface area (Å²) in [5.41, 5.74) is 0. The maximum atomic E-state index is 12.4. The third kappa shape index (κ3) is 5.32. The van der Waals surface area contributed by atoms with Gasteiger partial charge in [-0.25, -0.2) is 0 Å². The van der Waals surface area contributed by atoms with Gasteiger partial charge in [-0.3, -0.25) is 0 Å². The third-order valence-electron chi connectivity index (χ3n) is 3.03. The molecule has 178 valence electrons. The van der Waals surface area contributed by atoms with Gasteiger partial charge in [0.25, 0.3) is 0 Å². The summed E-state index contributed by atoms with van der Waals surface area (Å²) in [4.78, 5) is 0. The zero-order valence-electron chi connectivity index (χ0n) is 13.4. The Kier molecular flexibility index (Phi) is 9.25. The second-order valence-electron chi connectivity index (χ2n) is 5.17. The van der Waals surface area contributed by atoms with Crippen molar-refractivity contribution in [1.29, 1.82) is 0 Å². The van der Waals surface area contributed by atoms with Crippen molar-refractivity contribution in [3.63, 3.8) is 0 Å². The summed E-state index contributed by atoms with van der Waals surface area (Å²) in [7, 11) is 0. The quantitative estimate of drug-likeness (QED) is 0.387. The highest BCUT2D eigenvalue weighted by atomic mass is 19.4. The summed E-state index contributed by atoms with van der Waals surface area (Å²) in [6.45, 7) is -10.3. The average molecular weight is 474 g/mol. The van der Waals surface area contributed by atoms with E-state index in [1.165, 1.54) is 0 Å². The second-order valence-corrected chi connectivity index (χ2v) is 5.17. The predicted molar refractivity (Wildman–Crippen MR) is 63.0 cm³/mol. The lowest BCUT2D eigenvalue weighted by Crippen LogP contribution is -2.64. The SMILES string of the molecule is OCC(F)(F)C(F)(F)C(F)(F)C(F)(F)CO.OCC(F)(F)C(F)(F)C(F)(F)CO. The Hall–Kier alpha value is -1.14. The molecule has 0 atom stereocenters. The highest BCUT2D eigenvalue weighted by Crippen LogP contribution is 2.52. The van der Waals surface area contributed by atoms with Crippen molar-refractivity contribution in [2.75, 3.05) is 26.4 Å². The number of halogens is 14. The van der Waals surface area contributed by atoms with Crippen LogP contribution in [0.3, 0.4) is 0 Å². The Morgan fingerprint density at radius 1 is 0.310 bits per heavy atom. The summed E-state index contributed by atoms with van der Waals surface area (Å²) >= 11 is 0. The van der Waals surface area contributed by atoms with Crippen LogP contribution >= 0.6 is 0 Å². The van der Waals surface area contributed by atoms with Gasteiger partial charge >= 0.3 is 41.5 Å². The van der Waals surface area contributed by atoms with Crippen molar-refractivity contribution in [3.8, 4) is 0 Å². The topological polar surface area (TPSA) is 80.9 Å². The molecule has 4 nitrogen and oxygen atoms in total. The third-order valence-corrected chi connectivity index (χ3v) is 3.03. The van der Waals surface area contributed by atoms with Gasteiger partial charge in [-0.15, -0.1) is 0 Å². The van der Waals surface area contributed by atoms with Crippen molar-refractivity contribution in [1.82, 2.24) is 0 Å². The van der Waals surface area contributed by atoms with Crippen molar-refractivity contribution < 1.29 is 81.9 Å². The Bertz CT molecular complexity index is 478. The molecule has 4 N–H and O–H groups in total. The summed E-state index contributed by atoms with van der Waals surface area (Å²) in [5.74, 6) is -40.8. The van der Waals surface area contributed by atoms with Crippen LogP contribution in [0, 0.1) is 0 Å². The van der Waals surface area contributed by atoms with E-state index >= 15 is 0 Å². The van der Waals surface area contributed by atoms with Crippen molar-refractivity contribution >= 4 is 0 Å². The molecule has 0 aromatic heterocycles. The van der Waals surface area contributed by atoms with Crippen LogP contribution in [-0.4, -0.2) is 88.3 Å². The van der Waals surface area contributed by atoms with Gasteiger partial charge in [0.15, 0.2) is 0 Å². The maximum absolute atomic E-state index is 12.4. The van der Waals surface area contributed by atoms with Gasteiger partial charge in [0.2, 0.25) is 0 Å². The van der Waals surface area contributed by atoms with E-state index in [1.54, 1.807) is 0 Å². The standard InChI is InChI=1S/C6H6F8O2.C5H6F6O2/c7-3(8,1-15)5(11,12)6(13,14)4(9,10)2-16;6-3(7,1-12)5(10,11)4(8,9)2-13/h15-16H,1-2H2;12-13H,1-2H2. The molecule has 0 unspecified atom stereocenters. The van der Waals surface area contributed by atoms with Crippen molar-refractivity contribution in [2.45, 2.75) is 41.5 Å². The predicted octanol–water partition coefficient (Wildman–Crippen LogP) is 2.39. The van der Waals surface area contributed by atoms with Crippen molar-refractivity contribution in [2.24, 2.45) is 0 Å². The largest absolute Gasteiger partial charge is 0.390 e. The Labute approximate surface area is 151 Å². The molecule has 18 heteroatoms. The molecule has 0 aromatic rings. The van der Waals surface area contributed by atoms with Crippen LogP contribution in [0.2, 0.25) is 0 Å². The van der Waals surface area contributed by atoms with E-state index in [-0.39, 0.29) is 0 Å². The lowest BCUT2D eigenvalue weighted by atomic mass is 9.99. The molecule has 0 amide bonds.